The molecule has 0 radical (unpaired) electrons. The summed E-state index contributed by atoms with van der Waals surface area (Å²) in [7, 11) is 0. The molecule has 0 saturated carbocycles. The van der Waals surface area contributed by atoms with Gasteiger partial charge in [0.1, 0.15) is 5.52 Å². The molecule has 2 aromatic heterocycles. The van der Waals surface area contributed by atoms with Crippen LogP contribution in [-0.4, -0.2) is 56.4 Å². The number of para-hydroxylation sites is 1. The molecule has 33 heavy (non-hydrogen) atoms. The smallest absolute Gasteiger partial charge is 0.230 e. The molecule has 1 amide bonds. The average Bonchev–Trinajstić information content (AvgIpc) is 3.42. The number of hydrogen-bond donors (Lipinski definition) is 2. The molecule has 4 aromatic rings. The number of nitrogens with zero attached hydrogens (tertiary/aromatic N) is 4. The lowest BCUT2D eigenvalue weighted by atomic mass is 10.1. The van der Waals surface area contributed by atoms with Crippen molar-refractivity contribution in [3.05, 3.63) is 58.1 Å². The lowest BCUT2D eigenvalue weighted by Crippen LogP contribution is -2.32. The number of benzene rings is 2. The van der Waals surface area contributed by atoms with E-state index in [0.717, 1.165) is 48.0 Å². The molecule has 7 nitrogen and oxygen atoms in total. The third-order valence-electron chi connectivity index (χ3n) is 5.78. The fraction of sp³-hybridized carbons (Fsp3) is 0.304. The van der Waals surface area contributed by atoms with Crippen LogP contribution in [0.5, 0.6) is 0 Å². The molecule has 0 spiro atoms. The topological polar surface area (TPSA) is 86.8 Å². The molecule has 1 unspecified atom stereocenters. The highest BCUT2D eigenvalue weighted by Gasteiger charge is 2.23. The Morgan fingerprint density at radius 1 is 1.18 bits per heavy atom. The van der Waals surface area contributed by atoms with E-state index in [0.29, 0.717) is 33.3 Å². The molecule has 10 heteroatoms. The van der Waals surface area contributed by atoms with E-state index >= 15 is 0 Å². The molecule has 3 heterocycles. The maximum absolute atomic E-state index is 12.4. The number of hydrogen-bond acceptors (Lipinski definition) is 6. The van der Waals surface area contributed by atoms with E-state index in [1.807, 2.05) is 42.5 Å². The van der Waals surface area contributed by atoms with Gasteiger partial charge in [-0.25, -0.2) is 4.98 Å². The lowest BCUT2D eigenvalue weighted by molar-refractivity contribution is -0.118. The highest BCUT2D eigenvalue weighted by Crippen LogP contribution is 2.25. The maximum atomic E-state index is 12.4. The van der Waals surface area contributed by atoms with Crippen LogP contribution < -0.4 is 5.32 Å². The number of H-pyrrole nitrogens is 1. The van der Waals surface area contributed by atoms with Gasteiger partial charge in [0.25, 0.3) is 0 Å². The Kier molecular flexibility index (Phi) is 6.69. The van der Waals surface area contributed by atoms with Gasteiger partial charge in [-0.2, -0.15) is 0 Å². The Morgan fingerprint density at radius 3 is 2.94 bits per heavy atom. The highest BCUT2D eigenvalue weighted by molar-refractivity contribution is 7.99. The van der Waals surface area contributed by atoms with Gasteiger partial charge in [-0.3, -0.25) is 9.69 Å². The number of thioether (sulfide) groups is 1. The van der Waals surface area contributed by atoms with Crippen LogP contribution in [0.3, 0.4) is 0 Å². The second-order valence-electron chi connectivity index (χ2n) is 8.19. The van der Waals surface area contributed by atoms with Gasteiger partial charge in [-0.05, 0) is 42.6 Å². The third-order valence-corrected chi connectivity index (χ3v) is 7.36. The minimum absolute atomic E-state index is 0.0247. The standard InChI is InChI=1S/C23H22Cl2N6OS/c24-17-6-5-14(9-18(17)25)11-31-8-7-15(12-31)10-26-20(32)13-33-23-28-22-21(29-30-23)16-3-1-2-4-19(16)27-22/h1-6,9,15H,7-8,10-13H2,(H,26,32)(H,27,28,30). The Balaban J connectivity index is 1.08. The van der Waals surface area contributed by atoms with Gasteiger partial charge in [0, 0.05) is 30.5 Å². The molecular weight excluding hydrogens is 479 g/mol. The van der Waals surface area contributed by atoms with Gasteiger partial charge in [-0.1, -0.05) is 59.2 Å². The first-order chi connectivity index (χ1) is 16.0. The molecule has 0 bridgehead atoms. The van der Waals surface area contributed by atoms with Crippen LogP contribution in [0, 0.1) is 5.92 Å². The normalized spacial score (nSPS) is 16.6. The van der Waals surface area contributed by atoms with Crippen LogP contribution >= 0.6 is 35.0 Å². The fourth-order valence-electron chi connectivity index (χ4n) is 4.13. The Morgan fingerprint density at radius 2 is 2.06 bits per heavy atom. The quantitative estimate of drug-likeness (QED) is 0.362. The fourth-order valence-corrected chi connectivity index (χ4v) is 5.06. The van der Waals surface area contributed by atoms with Crippen molar-refractivity contribution < 1.29 is 4.79 Å². The first-order valence-electron chi connectivity index (χ1n) is 10.7. The Labute approximate surface area is 205 Å². The van der Waals surface area contributed by atoms with Crippen LogP contribution in [-0.2, 0) is 11.3 Å². The second kappa shape index (κ2) is 9.85. The average molecular weight is 501 g/mol. The SMILES string of the molecule is O=C(CSc1nnc2c(n1)[nH]c1ccccc12)NCC1CCN(Cc2ccc(Cl)c(Cl)c2)C1. The summed E-state index contributed by atoms with van der Waals surface area (Å²) in [4.78, 5) is 22.5. The molecule has 0 aliphatic carbocycles. The van der Waals surface area contributed by atoms with E-state index < -0.39 is 0 Å². The first kappa shape index (κ1) is 22.4. The van der Waals surface area contributed by atoms with Crippen LogP contribution in [0.15, 0.2) is 47.6 Å². The Bertz CT molecular complexity index is 1310. The van der Waals surface area contributed by atoms with E-state index in [4.69, 9.17) is 23.2 Å². The number of fused-ring (bicyclic) bond motifs is 3. The van der Waals surface area contributed by atoms with Crippen LogP contribution in [0.25, 0.3) is 22.1 Å². The van der Waals surface area contributed by atoms with Gasteiger partial charge >= 0.3 is 0 Å². The minimum Gasteiger partial charge on any atom is -0.355 e. The number of likely N-dealkylation sites (tertiary alicyclic amines) is 1. The minimum atomic E-state index is -0.0247. The van der Waals surface area contributed by atoms with E-state index in [9.17, 15) is 4.79 Å². The van der Waals surface area contributed by atoms with Crippen molar-refractivity contribution in [1.29, 1.82) is 0 Å². The summed E-state index contributed by atoms with van der Waals surface area (Å²) in [6, 6.07) is 13.6. The first-order valence-corrected chi connectivity index (χ1v) is 12.5. The second-order valence-corrected chi connectivity index (χ2v) is 9.95. The monoisotopic (exact) mass is 500 g/mol. The zero-order valence-corrected chi connectivity index (χ0v) is 20.1. The number of aromatic nitrogens is 4. The zero-order chi connectivity index (χ0) is 22.8. The van der Waals surface area contributed by atoms with Crippen molar-refractivity contribution in [3.63, 3.8) is 0 Å². The van der Waals surface area contributed by atoms with Crippen molar-refractivity contribution in [1.82, 2.24) is 30.4 Å². The molecule has 1 saturated heterocycles. The van der Waals surface area contributed by atoms with E-state index in [-0.39, 0.29) is 11.7 Å². The molecular formula is C23H22Cl2N6OS. The van der Waals surface area contributed by atoms with Crippen molar-refractivity contribution in [2.45, 2.75) is 18.1 Å². The molecule has 1 fully saturated rings. The number of amides is 1. The summed E-state index contributed by atoms with van der Waals surface area (Å²) in [6.07, 6.45) is 1.05. The molecule has 1 atom stereocenters. The number of carbonyl (C=O) groups excluding carboxylic acids is 1. The molecule has 2 aromatic carbocycles. The van der Waals surface area contributed by atoms with Gasteiger partial charge in [0.05, 0.1) is 15.8 Å². The lowest BCUT2D eigenvalue weighted by Gasteiger charge is -2.16. The number of nitrogens with one attached hydrogen (secondary N) is 2. The summed E-state index contributed by atoms with van der Waals surface area (Å²) in [5.74, 6) is 0.665. The van der Waals surface area contributed by atoms with Crippen molar-refractivity contribution >= 4 is 62.9 Å². The van der Waals surface area contributed by atoms with Gasteiger partial charge < -0.3 is 10.3 Å². The van der Waals surface area contributed by atoms with Crippen LogP contribution in [0.4, 0.5) is 0 Å². The zero-order valence-electron chi connectivity index (χ0n) is 17.7. The number of halogens is 2. The van der Waals surface area contributed by atoms with Crippen LogP contribution in [0.1, 0.15) is 12.0 Å². The number of carbonyl (C=O) groups is 1. The summed E-state index contributed by atoms with van der Waals surface area (Å²) in [5, 5.41) is 14.1. The molecule has 1 aliphatic heterocycles. The van der Waals surface area contributed by atoms with E-state index in [1.165, 1.54) is 11.8 Å². The largest absolute Gasteiger partial charge is 0.355 e. The van der Waals surface area contributed by atoms with E-state index in [2.05, 4.69) is 30.4 Å². The number of aromatic amines is 1. The van der Waals surface area contributed by atoms with Gasteiger partial charge in [0.2, 0.25) is 11.1 Å². The molecule has 1 aliphatic rings. The van der Waals surface area contributed by atoms with Crippen molar-refractivity contribution in [2.75, 3.05) is 25.4 Å². The summed E-state index contributed by atoms with van der Waals surface area (Å²) < 4.78 is 0. The predicted octanol–water partition coefficient (Wildman–Crippen LogP) is 4.54. The summed E-state index contributed by atoms with van der Waals surface area (Å²) in [5.41, 5.74) is 3.54. The highest BCUT2D eigenvalue weighted by atomic mass is 35.5. The van der Waals surface area contributed by atoms with Crippen molar-refractivity contribution in [3.8, 4) is 0 Å². The summed E-state index contributed by atoms with van der Waals surface area (Å²) >= 11 is 13.4. The Hall–Kier alpha value is -2.39. The van der Waals surface area contributed by atoms with Crippen LogP contribution in [0.2, 0.25) is 10.0 Å². The van der Waals surface area contributed by atoms with Gasteiger partial charge in [-0.15, -0.1) is 10.2 Å². The molecule has 2 N–H and O–H groups in total. The third kappa shape index (κ3) is 5.24. The predicted molar refractivity (Wildman–Crippen MR) is 133 cm³/mol. The van der Waals surface area contributed by atoms with E-state index in [1.54, 1.807) is 0 Å². The maximum Gasteiger partial charge on any atom is 0.230 e. The summed E-state index contributed by atoms with van der Waals surface area (Å²) in [6.45, 7) is 3.44. The molecule has 5 rings (SSSR count). The van der Waals surface area contributed by atoms with Crippen molar-refractivity contribution in [2.24, 2.45) is 5.92 Å². The number of rotatable bonds is 7. The molecule has 170 valence electrons. The van der Waals surface area contributed by atoms with Gasteiger partial charge in [0.15, 0.2) is 5.65 Å².